The number of hydrogen-bond donors (Lipinski definition) is 0. The molecule has 0 aliphatic carbocycles. The molecule has 7 heteroatoms. The molecular formula is C17H18N4O2S. The van der Waals surface area contributed by atoms with Crippen LogP contribution < -0.4 is 4.90 Å². The van der Waals surface area contributed by atoms with E-state index in [0.29, 0.717) is 17.6 Å². The minimum absolute atomic E-state index is 0.259. The SMILES string of the molecule is O=C1O[C@@]2(CN3CCC2CC3)CN1c1ncc(-c2ccccn2)s1. The first kappa shape index (κ1) is 14.4. The molecule has 2 aromatic rings. The maximum atomic E-state index is 12.5. The van der Waals surface area contributed by atoms with Crippen molar-refractivity contribution in [2.45, 2.75) is 18.4 Å². The summed E-state index contributed by atoms with van der Waals surface area (Å²) >= 11 is 1.49. The van der Waals surface area contributed by atoms with Gasteiger partial charge in [0.2, 0.25) is 0 Å². The number of aromatic nitrogens is 2. The fourth-order valence-electron chi connectivity index (χ4n) is 4.18. The molecule has 4 aliphatic heterocycles. The Hall–Kier alpha value is -1.99. The van der Waals surface area contributed by atoms with Gasteiger partial charge in [-0.1, -0.05) is 17.4 Å². The number of ether oxygens (including phenoxy) is 1. The summed E-state index contributed by atoms with van der Waals surface area (Å²) in [6.07, 6.45) is 5.54. The van der Waals surface area contributed by atoms with E-state index < -0.39 is 0 Å². The number of nitrogens with zero attached hydrogens (tertiary/aromatic N) is 4. The van der Waals surface area contributed by atoms with Gasteiger partial charge in [0.1, 0.15) is 5.60 Å². The van der Waals surface area contributed by atoms with Gasteiger partial charge in [-0.2, -0.15) is 0 Å². The normalized spacial score (nSPS) is 31.7. The highest BCUT2D eigenvalue weighted by molar-refractivity contribution is 7.19. The summed E-state index contributed by atoms with van der Waals surface area (Å²) in [4.78, 5) is 26.4. The van der Waals surface area contributed by atoms with Crippen molar-refractivity contribution in [3.05, 3.63) is 30.6 Å². The molecule has 6 heterocycles. The lowest BCUT2D eigenvalue weighted by atomic mass is 9.75. The van der Waals surface area contributed by atoms with E-state index >= 15 is 0 Å². The maximum absolute atomic E-state index is 12.5. The van der Waals surface area contributed by atoms with Crippen molar-refractivity contribution < 1.29 is 9.53 Å². The summed E-state index contributed by atoms with van der Waals surface area (Å²) in [6.45, 7) is 3.73. The molecule has 4 saturated heterocycles. The summed E-state index contributed by atoms with van der Waals surface area (Å²) in [5.41, 5.74) is 0.538. The first-order valence-corrected chi connectivity index (χ1v) is 9.15. The largest absolute Gasteiger partial charge is 0.439 e. The van der Waals surface area contributed by atoms with E-state index in [0.717, 1.165) is 43.0 Å². The van der Waals surface area contributed by atoms with Gasteiger partial charge in [-0.15, -0.1) is 0 Å². The molecule has 0 radical (unpaired) electrons. The Balaban J connectivity index is 1.42. The lowest BCUT2D eigenvalue weighted by molar-refractivity contribution is -0.0881. The fourth-order valence-corrected chi connectivity index (χ4v) is 5.06. The molecule has 0 aromatic carbocycles. The number of anilines is 1. The summed E-state index contributed by atoms with van der Waals surface area (Å²) in [7, 11) is 0. The van der Waals surface area contributed by atoms with E-state index in [1.54, 1.807) is 17.3 Å². The van der Waals surface area contributed by atoms with Gasteiger partial charge in [-0.25, -0.2) is 14.7 Å². The molecule has 124 valence electrons. The van der Waals surface area contributed by atoms with Crippen LogP contribution in [0, 0.1) is 5.92 Å². The van der Waals surface area contributed by atoms with E-state index in [4.69, 9.17) is 4.74 Å². The Kier molecular flexibility index (Phi) is 3.14. The van der Waals surface area contributed by atoms with Crippen molar-refractivity contribution in [3.8, 4) is 10.6 Å². The maximum Gasteiger partial charge on any atom is 0.416 e. The minimum atomic E-state index is -0.343. The van der Waals surface area contributed by atoms with Gasteiger partial charge in [-0.05, 0) is 38.1 Å². The molecule has 4 aliphatic rings. The molecule has 0 N–H and O–H groups in total. The molecule has 0 saturated carbocycles. The Morgan fingerprint density at radius 2 is 2.08 bits per heavy atom. The molecule has 24 heavy (non-hydrogen) atoms. The van der Waals surface area contributed by atoms with Crippen LogP contribution in [-0.2, 0) is 4.74 Å². The zero-order valence-corrected chi connectivity index (χ0v) is 14.0. The topological polar surface area (TPSA) is 58.6 Å². The molecule has 1 spiro atoms. The zero-order valence-electron chi connectivity index (χ0n) is 13.2. The summed E-state index contributed by atoms with van der Waals surface area (Å²) < 4.78 is 5.90. The van der Waals surface area contributed by atoms with Gasteiger partial charge < -0.3 is 4.74 Å². The van der Waals surface area contributed by atoms with Crippen LogP contribution in [0.1, 0.15) is 12.8 Å². The van der Waals surface area contributed by atoms with Gasteiger partial charge in [0.05, 0.1) is 17.1 Å². The lowest BCUT2D eigenvalue weighted by Crippen LogP contribution is -2.61. The van der Waals surface area contributed by atoms with Crippen molar-refractivity contribution in [1.82, 2.24) is 14.9 Å². The standard InChI is InChI=1S/C17H18N4O2S/c22-16-21(11-17(23-16)10-20-7-4-12(17)5-8-20)15-19-9-14(24-15)13-3-1-2-6-18-13/h1-3,6,9,12H,4-5,7-8,10-11H2/t17-/m0/s1. The van der Waals surface area contributed by atoms with Gasteiger partial charge >= 0.3 is 6.09 Å². The average molecular weight is 342 g/mol. The monoisotopic (exact) mass is 342 g/mol. The quantitative estimate of drug-likeness (QED) is 0.840. The smallest absolute Gasteiger partial charge is 0.416 e. The molecule has 6 nitrogen and oxygen atoms in total. The number of amides is 1. The number of rotatable bonds is 2. The highest BCUT2D eigenvalue weighted by atomic mass is 32.1. The predicted molar refractivity (Wildman–Crippen MR) is 91.1 cm³/mol. The molecular weight excluding hydrogens is 324 g/mol. The Morgan fingerprint density at radius 1 is 1.21 bits per heavy atom. The van der Waals surface area contributed by atoms with Gasteiger partial charge in [-0.3, -0.25) is 9.88 Å². The molecule has 6 rings (SSSR count). The lowest BCUT2D eigenvalue weighted by Gasteiger charge is -2.49. The number of piperidine rings is 3. The molecule has 2 bridgehead atoms. The van der Waals surface area contributed by atoms with Gasteiger partial charge in [0.15, 0.2) is 5.13 Å². The number of hydrogen-bond acceptors (Lipinski definition) is 6. The van der Waals surface area contributed by atoms with E-state index in [-0.39, 0.29) is 11.7 Å². The van der Waals surface area contributed by atoms with Crippen LogP contribution >= 0.6 is 11.3 Å². The second kappa shape index (κ2) is 5.26. The number of carbonyl (C=O) groups is 1. The second-order valence-electron chi connectivity index (χ2n) is 6.79. The molecule has 1 atom stereocenters. The minimum Gasteiger partial charge on any atom is -0.439 e. The van der Waals surface area contributed by atoms with Crippen molar-refractivity contribution in [2.75, 3.05) is 31.1 Å². The van der Waals surface area contributed by atoms with Crippen LogP contribution in [-0.4, -0.2) is 52.7 Å². The predicted octanol–water partition coefficient (Wildman–Crippen LogP) is 2.63. The summed E-state index contributed by atoms with van der Waals surface area (Å²) in [5.74, 6) is 0.478. The van der Waals surface area contributed by atoms with Crippen LogP contribution in [0.2, 0.25) is 0 Å². The fraction of sp³-hybridized carbons (Fsp3) is 0.471. The number of pyridine rings is 1. The van der Waals surface area contributed by atoms with E-state index in [1.807, 2.05) is 18.2 Å². The van der Waals surface area contributed by atoms with Crippen LogP contribution in [0.15, 0.2) is 30.6 Å². The highest BCUT2D eigenvalue weighted by Crippen LogP contribution is 2.44. The third kappa shape index (κ3) is 2.15. The third-order valence-electron chi connectivity index (χ3n) is 5.40. The van der Waals surface area contributed by atoms with Gasteiger partial charge in [0, 0.05) is 24.9 Å². The second-order valence-corrected chi connectivity index (χ2v) is 7.80. The number of fused-ring (bicyclic) bond motifs is 2. The molecule has 0 unspecified atom stereocenters. The van der Waals surface area contributed by atoms with Crippen molar-refractivity contribution >= 4 is 22.6 Å². The number of thiazole rings is 1. The zero-order chi connectivity index (χ0) is 16.1. The number of carbonyl (C=O) groups excluding carboxylic acids is 1. The van der Waals surface area contributed by atoms with Crippen molar-refractivity contribution in [2.24, 2.45) is 5.92 Å². The molecule has 1 amide bonds. The van der Waals surface area contributed by atoms with Crippen LogP contribution in [0.25, 0.3) is 10.6 Å². The summed E-state index contributed by atoms with van der Waals surface area (Å²) in [6, 6.07) is 5.79. The molecule has 4 fully saturated rings. The third-order valence-corrected chi connectivity index (χ3v) is 6.44. The Bertz CT molecular complexity index is 772. The van der Waals surface area contributed by atoms with E-state index in [1.165, 1.54) is 11.3 Å². The van der Waals surface area contributed by atoms with Gasteiger partial charge in [0.25, 0.3) is 0 Å². The first-order valence-electron chi connectivity index (χ1n) is 8.34. The first-order chi connectivity index (χ1) is 11.7. The van der Waals surface area contributed by atoms with Crippen molar-refractivity contribution in [1.29, 1.82) is 0 Å². The van der Waals surface area contributed by atoms with E-state index in [2.05, 4.69) is 14.9 Å². The Labute approximate surface area is 144 Å². The highest BCUT2D eigenvalue weighted by Gasteiger charge is 2.56. The average Bonchev–Trinajstić information content (AvgIpc) is 3.22. The summed E-state index contributed by atoms with van der Waals surface area (Å²) in [5, 5.41) is 0.703. The van der Waals surface area contributed by atoms with Crippen LogP contribution in [0.3, 0.4) is 0 Å². The van der Waals surface area contributed by atoms with Crippen LogP contribution in [0.5, 0.6) is 0 Å². The van der Waals surface area contributed by atoms with Crippen molar-refractivity contribution in [3.63, 3.8) is 0 Å². The van der Waals surface area contributed by atoms with E-state index in [9.17, 15) is 4.79 Å². The Morgan fingerprint density at radius 3 is 2.79 bits per heavy atom. The van der Waals surface area contributed by atoms with Crippen LogP contribution in [0.4, 0.5) is 9.93 Å². The molecule has 2 aromatic heterocycles.